The number of carbonyl (C=O) groups is 1. The van der Waals surface area contributed by atoms with Crippen molar-refractivity contribution in [3.8, 4) is 0 Å². The maximum absolute atomic E-state index is 12.5. The third-order valence-corrected chi connectivity index (χ3v) is 3.71. The number of hydrogen-bond acceptors (Lipinski definition) is 3. The number of hydrogen-bond donors (Lipinski definition) is 1. The molecule has 0 spiro atoms. The first-order chi connectivity index (χ1) is 9.65. The molecule has 5 nitrogen and oxygen atoms in total. The summed E-state index contributed by atoms with van der Waals surface area (Å²) in [4.78, 5) is 18.4. The van der Waals surface area contributed by atoms with Gasteiger partial charge in [-0.1, -0.05) is 0 Å². The first-order valence-electron chi connectivity index (χ1n) is 6.73. The molecule has 6 heteroatoms. The van der Waals surface area contributed by atoms with Crippen LogP contribution in [-0.4, -0.2) is 34.0 Å². The van der Waals surface area contributed by atoms with Crippen LogP contribution in [0.15, 0.2) is 30.6 Å². The van der Waals surface area contributed by atoms with Gasteiger partial charge >= 0.3 is 0 Å². The number of imidazole rings is 1. The van der Waals surface area contributed by atoms with Crippen LogP contribution in [0.4, 0.5) is 5.69 Å². The van der Waals surface area contributed by atoms with Crippen molar-refractivity contribution in [2.45, 2.75) is 13.0 Å². The van der Waals surface area contributed by atoms with Crippen molar-refractivity contribution >= 4 is 24.0 Å². The highest BCUT2D eigenvalue weighted by Gasteiger charge is 2.17. The number of fused-ring (bicyclic) bond motifs is 1. The van der Waals surface area contributed by atoms with Crippen LogP contribution in [0.1, 0.15) is 21.7 Å². The molecule has 0 unspecified atom stereocenters. The minimum absolute atomic E-state index is 0. The Kier molecular flexibility index (Phi) is 4.53. The molecule has 0 radical (unpaired) electrons. The van der Waals surface area contributed by atoms with Crippen LogP contribution in [0.5, 0.6) is 0 Å². The Morgan fingerprint density at radius 2 is 2.29 bits per heavy atom. The molecule has 112 valence electrons. The van der Waals surface area contributed by atoms with Crippen molar-refractivity contribution in [2.24, 2.45) is 7.05 Å². The predicted molar refractivity (Wildman–Crippen MR) is 84.9 cm³/mol. The Hall–Kier alpha value is -2.01. The fourth-order valence-corrected chi connectivity index (χ4v) is 2.49. The first kappa shape index (κ1) is 15.4. The molecule has 1 N–H and O–H groups in total. The van der Waals surface area contributed by atoms with Crippen molar-refractivity contribution in [2.75, 3.05) is 18.9 Å². The van der Waals surface area contributed by atoms with Crippen LogP contribution in [-0.2, 0) is 20.0 Å². The number of nitrogens with zero attached hydrogens (tertiary/aromatic N) is 3. The van der Waals surface area contributed by atoms with Gasteiger partial charge in [-0.05, 0) is 30.2 Å². The summed E-state index contributed by atoms with van der Waals surface area (Å²) in [5.41, 5.74) is 3.11. The predicted octanol–water partition coefficient (Wildman–Crippen LogP) is 2.08. The molecule has 2 heterocycles. The molecule has 0 saturated heterocycles. The topological polar surface area (TPSA) is 50.2 Å². The summed E-state index contributed by atoms with van der Waals surface area (Å²) in [5.74, 6) is 0.909. The molecule has 0 atom stereocenters. The van der Waals surface area contributed by atoms with E-state index < -0.39 is 0 Å². The van der Waals surface area contributed by atoms with Crippen LogP contribution in [0.2, 0.25) is 0 Å². The van der Waals surface area contributed by atoms with Gasteiger partial charge in [-0.2, -0.15) is 0 Å². The minimum Gasteiger partial charge on any atom is -0.384 e. The molecule has 0 saturated carbocycles. The zero-order valence-corrected chi connectivity index (χ0v) is 13.0. The fraction of sp³-hybridized carbons (Fsp3) is 0.333. The lowest BCUT2D eigenvalue weighted by atomic mass is 10.1. The van der Waals surface area contributed by atoms with Crippen LogP contribution in [0, 0.1) is 0 Å². The number of anilines is 1. The van der Waals surface area contributed by atoms with E-state index in [4.69, 9.17) is 0 Å². The molecule has 1 amide bonds. The van der Waals surface area contributed by atoms with E-state index in [9.17, 15) is 4.79 Å². The summed E-state index contributed by atoms with van der Waals surface area (Å²) < 4.78 is 1.93. The molecule has 2 aromatic rings. The lowest BCUT2D eigenvalue weighted by Crippen LogP contribution is -2.27. The Balaban J connectivity index is 0.00000161. The van der Waals surface area contributed by atoms with E-state index in [-0.39, 0.29) is 18.3 Å². The lowest BCUT2D eigenvalue weighted by Gasteiger charge is -2.17. The summed E-state index contributed by atoms with van der Waals surface area (Å²) in [6.45, 7) is 1.47. The molecular formula is C15H19ClN4O. The van der Waals surface area contributed by atoms with Crippen LogP contribution in [0.25, 0.3) is 0 Å². The maximum atomic E-state index is 12.5. The van der Waals surface area contributed by atoms with Crippen molar-refractivity contribution < 1.29 is 4.79 Å². The number of aryl methyl sites for hydroxylation is 1. The van der Waals surface area contributed by atoms with Gasteiger partial charge in [-0.3, -0.25) is 4.79 Å². The van der Waals surface area contributed by atoms with E-state index in [0.717, 1.165) is 30.0 Å². The summed E-state index contributed by atoms with van der Waals surface area (Å²) in [6.07, 6.45) is 4.61. The van der Waals surface area contributed by atoms with E-state index in [2.05, 4.69) is 10.3 Å². The third kappa shape index (κ3) is 3.03. The van der Waals surface area contributed by atoms with Gasteiger partial charge in [0.1, 0.15) is 5.82 Å². The van der Waals surface area contributed by atoms with E-state index in [1.54, 1.807) is 11.1 Å². The van der Waals surface area contributed by atoms with Gasteiger partial charge in [0.2, 0.25) is 0 Å². The summed E-state index contributed by atoms with van der Waals surface area (Å²) in [7, 11) is 3.74. The normalized spacial score (nSPS) is 12.3. The van der Waals surface area contributed by atoms with Crippen LogP contribution >= 0.6 is 12.4 Å². The van der Waals surface area contributed by atoms with E-state index >= 15 is 0 Å². The fourth-order valence-electron chi connectivity index (χ4n) is 2.49. The van der Waals surface area contributed by atoms with E-state index in [1.165, 1.54) is 5.56 Å². The summed E-state index contributed by atoms with van der Waals surface area (Å²) >= 11 is 0. The van der Waals surface area contributed by atoms with Gasteiger partial charge < -0.3 is 14.8 Å². The van der Waals surface area contributed by atoms with Crippen molar-refractivity contribution in [1.29, 1.82) is 0 Å². The Labute approximate surface area is 130 Å². The third-order valence-electron chi connectivity index (χ3n) is 3.71. The largest absolute Gasteiger partial charge is 0.384 e. The highest BCUT2D eigenvalue weighted by atomic mass is 35.5. The molecule has 1 aromatic heterocycles. The second kappa shape index (κ2) is 6.18. The molecule has 0 bridgehead atoms. The zero-order valence-electron chi connectivity index (χ0n) is 12.2. The second-order valence-electron chi connectivity index (χ2n) is 5.16. The molecule has 0 fully saturated rings. The SMILES string of the molecule is CN(Cc1nccn1C)C(=O)c1ccc2c(c1)CCN2.Cl. The average molecular weight is 307 g/mol. The van der Waals surface area contributed by atoms with Gasteiger partial charge in [0.05, 0.1) is 6.54 Å². The lowest BCUT2D eigenvalue weighted by molar-refractivity contribution is 0.0780. The van der Waals surface area contributed by atoms with Gasteiger partial charge in [0, 0.05) is 44.3 Å². The Morgan fingerprint density at radius 1 is 1.48 bits per heavy atom. The standard InChI is InChI=1S/C15H18N4O.ClH/c1-18-8-7-17-14(18)10-19(2)15(20)12-3-4-13-11(9-12)5-6-16-13;/h3-4,7-9,16H,5-6,10H2,1-2H3;1H. The molecule has 0 aliphatic carbocycles. The first-order valence-corrected chi connectivity index (χ1v) is 6.73. The van der Waals surface area contributed by atoms with Crippen molar-refractivity contribution in [3.05, 3.63) is 47.5 Å². The monoisotopic (exact) mass is 306 g/mol. The number of halogens is 1. The quantitative estimate of drug-likeness (QED) is 0.944. The Bertz CT molecular complexity index is 653. The van der Waals surface area contributed by atoms with Crippen molar-refractivity contribution in [1.82, 2.24) is 14.5 Å². The number of carbonyl (C=O) groups excluding carboxylic acids is 1. The molecule has 21 heavy (non-hydrogen) atoms. The molecule has 3 rings (SSSR count). The zero-order chi connectivity index (χ0) is 14.1. The average Bonchev–Trinajstić information content (AvgIpc) is 3.06. The van der Waals surface area contributed by atoms with Crippen LogP contribution in [0.3, 0.4) is 0 Å². The number of aromatic nitrogens is 2. The number of rotatable bonds is 3. The van der Waals surface area contributed by atoms with Crippen molar-refractivity contribution in [3.63, 3.8) is 0 Å². The number of benzene rings is 1. The van der Waals surface area contributed by atoms with Gasteiger partial charge in [-0.25, -0.2) is 4.98 Å². The second-order valence-corrected chi connectivity index (χ2v) is 5.16. The van der Waals surface area contributed by atoms with Crippen LogP contribution < -0.4 is 5.32 Å². The molecule has 1 aliphatic heterocycles. The molecular weight excluding hydrogens is 288 g/mol. The number of nitrogens with one attached hydrogen (secondary N) is 1. The highest BCUT2D eigenvalue weighted by Crippen LogP contribution is 2.23. The minimum atomic E-state index is 0. The Morgan fingerprint density at radius 3 is 3.00 bits per heavy atom. The van der Waals surface area contributed by atoms with Gasteiger partial charge in [-0.15, -0.1) is 12.4 Å². The molecule has 1 aromatic carbocycles. The van der Waals surface area contributed by atoms with Gasteiger partial charge in [0.15, 0.2) is 0 Å². The van der Waals surface area contributed by atoms with E-state index in [0.29, 0.717) is 6.54 Å². The maximum Gasteiger partial charge on any atom is 0.254 e. The summed E-state index contributed by atoms with van der Waals surface area (Å²) in [5, 5.41) is 3.30. The van der Waals surface area contributed by atoms with Gasteiger partial charge in [0.25, 0.3) is 5.91 Å². The number of amides is 1. The molecule has 1 aliphatic rings. The summed E-state index contributed by atoms with van der Waals surface area (Å²) in [6, 6.07) is 5.87. The smallest absolute Gasteiger partial charge is 0.254 e. The highest BCUT2D eigenvalue weighted by molar-refractivity contribution is 5.94. The van der Waals surface area contributed by atoms with E-state index in [1.807, 2.05) is 43.1 Å².